The van der Waals surface area contributed by atoms with E-state index in [0.717, 1.165) is 42.4 Å². The van der Waals surface area contributed by atoms with Gasteiger partial charge in [-0.05, 0) is 86.4 Å². The second-order valence-electron chi connectivity index (χ2n) is 9.59. The molecular formula is C27H28F3N3O2. The summed E-state index contributed by atoms with van der Waals surface area (Å²) in [7, 11) is 0. The van der Waals surface area contributed by atoms with E-state index in [1.54, 1.807) is 12.3 Å². The van der Waals surface area contributed by atoms with Crippen LogP contribution in [0.1, 0.15) is 55.1 Å². The third kappa shape index (κ3) is 5.12. The van der Waals surface area contributed by atoms with Crippen LogP contribution in [0, 0.1) is 36.2 Å². The lowest BCUT2D eigenvalue weighted by Gasteiger charge is -2.32. The summed E-state index contributed by atoms with van der Waals surface area (Å²) < 4.78 is 43.6. The van der Waals surface area contributed by atoms with Crippen LogP contribution in [0.5, 0.6) is 0 Å². The molecule has 1 aromatic heterocycles. The fraction of sp³-hybridized carbons (Fsp3) is 0.407. The average molecular weight is 484 g/mol. The van der Waals surface area contributed by atoms with E-state index in [0.29, 0.717) is 37.4 Å². The molecule has 2 heterocycles. The Bertz CT molecular complexity index is 1200. The van der Waals surface area contributed by atoms with Crippen molar-refractivity contribution in [3.05, 3.63) is 83.2 Å². The van der Waals surface area contributed by atoms with Crippen LogP contribution in [0.15, 0.2) is 48.8 Å². The molecule has 3 aromatic rings. The molecule has 1 aliphatic heterocycles. The number of nitrogens with zero attached hydrogens (tertiary/aromatic N) is 3. The van der Waals surface area contributed by atoms with Crippen LogP contribution in [0.3, 0.4) is 0 Å². The maximum atomic E-state index is 14.3. The van der Waals surface area contributed by atoms with E-state index in [-0.39, 0.29) is 17.6 Å². The van der Waals surface area contributed by atoms with Gasteiger partial charge >= 0.3 is 0 Å². The zero-order valence-electron chi connectivity index (χ0n) is 19.6. The molecule has 0 bridgehead atoms. The fourth-order valence-corrected chi connectivity index (χ4v) is 5.42. The van der Waals surface area contributed by atoms with Crippen molar-refractivity contribution in [2.24, 2.45) is 11.8 Å². The third-order valence-electron chi connectivity index (χ3n) is 7.16. The number of rotatable bonds is 5. The van der Waals surface area contributed by atoms with E-state index in [2.05, 4.69) is 4.98 Å². The molecule has 1 saturated carbocycles. The number of imidazole rings is 1. The van der Waals surface area contributed by atoms with Gasteiger partial charge in [-0.25, -0.2) is 23.2 Å². The predicted molar refractivity (Wildman–Crippen MR) is 124 cm³/mol. The van der Waals surface area contributed by atoms with Gasteiger partial charge < -0.3 is 4.57 Å². The number of hydrogen-bond donors (Lipinski definition) is 0. The number of aryl methyl sites for hydroxylation is 1. The number of benzene rings is 2. The number of amides is 1. The summed E-state index contributed by atoms with van der Waals surface area (Å²) >= 11 is 0. The third-order valence-corrected chi connectivity index (χ3v) is 7.16. The molecule has 1 saturated heterocycles. The van der Waals surface area contributed by atoms with Gasteiger partial charge in [-0.3, -0.25) is 9.63 Å². The summed E-state index contributed by atoms with van der Waals surface area (Å²) in [5, 5.41) is 1.32. The molecule has 0 N–H and O–H groups in total. The SMILES string of the molecule is Cc1nccn1-c1cc(F)cc(CC2CCC(C(=O)N3OCC[C@H]3c3cc(F)cc(F)c3)CC2)c1. The Balaban J connectivity index is 1.22. The van der Waals surface area contributed by atoms with Gasteiger partial charge in [0, 0.05) is 36.5 Å². The Morgan fingerprint density at radius 1 is 0.971 bits per heavy atom. The molecule has 0 unspecified atom stereocenters. The molecule has 1 aliphatic carbocycles. The number of carbonyl (C=O) groups excluding carboxylic acids is 1. The van der Waals surface area contributed by atoms with E-state index < -0.39 is 17.7 Å². The number of hydroxylamine groups is 2. The van der Waals surface area contributed by atoms with Crippen LogP contribution in [0.2, 0.25) is 0 Å². The van der Waals surface area contributed by atoms with Crippen molar-refractivity contribution in [2.45, 2.75) is 51.5 Å². The number of carbonyl (C=O) groups is 1. The highest BCUT2D eigenvalue weighted by Crippen LogP contribution is 2.37. The largest absolute Gasteiger partial charge is 0.304 e. The Morgan fingerprint density at radius 3 is 2.37 bits per heavy atom. The highest BCUT2D eigenvalue weighted by atomic mass is 19.1. The van der Waals surface area contributed by atoms with Gasteiger partial charge in [0.05, 0.1) is 12.6 Å². The molecular weight excluding hydrogens is 455 g/mol. The second kappa shape index (κ2) is 9.85. The highest BCUT2D eigenvalue weighted by molar-refractivity contribution is 5.78. The van der Waals surface area contributed by atoms with Gasteiger partial charge in [0.2, 0.25) is 5.91 Å². The van der Waals surface area contributed by atoms with Crippen molar-refractivity contribution in [3.63, 3.8) is 0 Å². The Morgan fingerprint density at radius 2 is 1.69 bits per heavy atom. The molecule has 35 heavy (non-hydrogen) atoms. The summed E-state index contributed by atoms with van der Waals surface area (Å²) in [6, 6.07) is 7.94. The topological polar surface area (TPSA) is 47.4 Å². The fourth-order valence-electron chi connectivity index (χ4n) is 5.42. The lowest BCUT2D eigenvalue weighted by atomic mass is 9.78. The minimum absolute atomic E-state index is 0.126. The first kappa shape index (κ1) is 23.6. The summed E-state index contributed by atoms with van der Waals surface area (Å²) in [6.45, 7) is 2.21. The van der Waals surface area contributed by atoms with E-state index in [1.165, 1.54) is 23.3 Å². The Hall–Kier alpha value is -3.13. The molecule has 8 heteroatoms. The van der Waals surface area contributed by atoms with Crippen molar-refractivity contribution in [1.82, 2.24) is 14.6 Å². The number of halogens is 3. The van der Waals surface area contributed by atoms with Crippen LogP contribution < -0.4 is 0 Å². The predicted octanol–water partition coefficient (Wildman–Crippen LogP) is 5.85. The van der Waals surface area contributed by atoms with Crippen LogP contribution in [0.4, 0.5) is 13.2 Å². The van der Waals surface area contributed by atoms with Crippen molar-refractivity contribution in [1.29, 1.82) is 0 Å². The zero-order chi connectivity index (χ0) is 24.5. The van der Waals surface area contributed by atoms with E-state index in [1.807, 2.05) is 23.8 Å². The molecule has 0 radical (unpaired) electrons. The second-order valence-corrected chi connectivity index (χ2v) is 9.59. The molecule has 2 aliphatic rings. The standard InChI is InChI=1S/C27H28F3N3O2/c1-17-31-7-8-32(17)25-12-19(11-22(28)16-25)10-18-2-4-20(5-3-18)27(34)33-26(6-9-35-33)21-13-23(29)15-24(30)14-21/h7-8,11-16,18,20,26H,2-6,9-10H2,1H3/t18?,20?,26-/m0/s1. The Kier molecular flexibility index (Phi) is 6.65. The van der Waals surface area contributed by atoms with Crippen molar-refractivity contribution >= 4 is 5.91 Å². The minimum atomic E-state index is -0.663. The van der Waals surface area contributed by atoms with Gasteiger partial charge in [-0.1, -0.05) is 0 Å². The van der Waals surface area contributed by atoms with Crippen LogP contribution in [0.25, 0.3) is 5.69 Å². The summed E-state index contributed by atoms with van der Waals surface area (Å²) in [6.07, 6.45) is 7.85. The highest BCUT2D eigenvalue weighted by Gasteiger charge is 2.37. The first-order chi connectivity index (χ1) is 16.9. The van der Waals surface area contributed by atoms with Crippen LogP contribution in [-0.2, 0) is 16.1 Å². The molecule has 1 amide bonds. The molecule has 2 aromatic carbocycles. The monoisotopic (exact) mass is 483 g/mol. The van der Waals surface area contributed by atoms with Crippen LogP contribution >= 0.6 is 0 Å². The van der Waals surface area contributed by atoms with Crippen molar-refractivity contribution < 1.29 is 22.8 Å². The first-order valence-electron chi connectivity index (χ1n) is 12.1. The van der Waals surface area contributed by atoms with Gasteiger partial charge in [0.25, 0.3) is 0 Å². The zero-order valence-corrected chi connectivity index (χ0v) is 19.6. The van der Waals surface area contributed by atoms with Crippen LogP contribution in [-0.4, -0.2) is 27.1 Å². The number of aromatic nitrogens is 2. The molecule has 184 valence electrons. The maximum absolute atomic E-state index is 14.3. The Labute approximate surface area is 202 Å². The molecule has 1 atom stereocenters. The number of hydrogen-bond acceptors (Lipinski definition) is 3. The van der Waals surface area contributed by atoms with Gasteiger partial charge in [0.1, 0.15) is 23.3 Å². The normalized spacial score (nSPS) is 22.5. The van der Waals surface area contributed by atoms with Gasteiger partial charge in [-0.2, -0.15) is 0 Å². The first-order valence-corrected chi connectivity index (χ1v) is 12.1. The lowest BCUT2D eigenvalue weighted by molar-refractivity contribution is -0.183. The molecule has 2 fully saturated rings. The van der Waals surface area contributed by atoms with Crippen molar-refractivity contribution in [3.8, 4) is 5.69 Å². The molecule has 5 nitrogen and oxygen atoms in total. The molecule has 5 rings (SSSR count). The van der Waals surface area contributed by atoms with E-state index in [9.17, 15) is 18.0 Å². The van der Waals surface area contributed by atoms with Gasteiger partial charge in [0.15, 0.2) is 0 Å². The van der Waals surface area contributed by atoms with Gasteiger partial charge in [-0.15, -0.1) is 0 Å². The smallest absolute Gasteiger partial charge is 0.249 e. The van der Waals surface area contributed by atoms with E-state index >= 15 is 0 Å². The average Bonchev–Trinajstić information content (AvgIpc) is 3.47. The quantitative estimate of drug-likeness (QED) is 0.457. The maximum Gasteiger partial charge on any atom is 0.249 e. The summed E-state index contributed by atoms with van der Waals surface area (Å²) in [4.78, 5) is 23.0. The van der Waals surface area contributed by atoms with Crippen molar-refractivity contribution in [2.75, 3.05) is 6.61 Å². The lowest BCUT2D eigenvalue weighted by Crippen LogP contribution is -2.36. The summed E-state index contributed by atoms with van der Waals surface area (Å²) in [5.41, 5.74) is 2.10. The summed E-state index contributed by atoms with van der Waals surface area (Å²) in [5.74, 6) is -0.775. The van der Waals surface area contributed by atoms with E-state index in [4.69, 9.17) is 4.84 Å². The minimum Gasteiger partial charge on any atom is -0.304 e. The molecule has 0 spiro atoms.